The first kappa shape index (κ1) is 13.3. The number of likely N-dealkylation sites (tertiary alicyclic amines) is 1. The average molecular weight is 227 g/mol. The Labute approximate surface area is 98.4 Å². The molecule has 1 aliphatic heterocycles. The molecule has 0 amide bonds. The quantitative estimate of drug-likeness (QED) is 0.281. The van der Waals surface area contributed by atoms with E-state index in [4.69, 9.17) is 5.84 Å². The number of likely N-dealkylation sites (N-methyl/N-ethyl adjacent to an activating group) is 1. The van der Waals surface area contributed by atoms with Crippen molar-refractivity contribution in [3.8, 4) is 0 Å². The number of nitrogens with two attached hydrogens (primary N) is 1. The fourth-order valence-corrected chi connectivity index (χ4v) is 2.00. The van der Waals surface area contributed by atoms with E-state index < -0.39 is 0 Å². The molecule has 0 spiro atoms. The first-order valence-corrected chi connectivity index (χ1v) is 6.19. The fourth-order valence-electron chi connectivity index (χ4n) is 2.00. The molecule has 1 saturated heterocycles. The second-order valence-electron chi connectivity index (χ2n) is 4.61. The van der Waals surface area contributed by atoms with Crippen LogP contribution in [0.4, 0.5) is 0 Å². The van der Waals surface area contributed by atoms with E-state index in [1.165, 1.54) is 13.0 Å². The van der Waals surface area contributed by atoms with Gasteiger partial charge in [-0.1, -0.05) is 6.92 Å². The number of rotatable bonds is 3. The zero-order valence-corrected chi connectivity index (χ0v) is 10.7. The zero-order valence-electron chi connectivity index (χ0n) is 10.7. The summed E-state index contributed by atoms with van der Waals surface area (Å²) in [7, 11) is 0. The summed E-state index contributed by atoms with van der Waals surface area (Å²) < 4.78 is 0. The van der Waals surface area contributed by atoms with Crippen molar-refractivity contribution in [2.75, 3.05) is 19.6 Å². The summed E-state index contributed by atoms with van der Waals surface area (Å²) in [6.45, 7) is 9.70. The predicted octanol–water partition coefficient (Wildman–Crippen LogP) is 0.288. The van der Waals surface area contributed by atoms with Crippen molar-refractivity contribution < 1.29 is 0 Å². The van der Waals surface area contributed by atoms with E-state index in [0.29, 0.717) is 18.0 Å². The van der Waals surface area contributed by atoms with Gasteiger partial charge in [0.25, 0.3) is 0 Å². The molecule has 5 nitrogen and oxygen atoms in total. The molecule has 1 heterocycles. The minimum atomic E-state index is 0.348. The SMILES string of the molecule is CCN1CCCC(N=C(NN)NC(C)C)C1. The second-order valence-corrected chi connectivity index (χ2v) is 4.61. The Morgan fingerprint density at radius 3 is 2.88 bits per heavy atom. The molecule has 0 aromatic carbocycles. The van der Waals surface area contributed by atoms with Gasteiger partial charge in [0, 0.05) is 12.6 Å². The van der Waals surface area contributed by atoms with Crippen molar-refractivity contribution in [3.63, 3.8) is 0 Å². The molecule has 1 fully saturated rings. The number of nitrogens with zero attached hydrogens (tertiary/aromatic N) is 2. The minimum absolute atomic E-state index is 0.348. The maximum Gasteiger partial charge on any atom is 0.206 e. The smallest absolute Gasteiger partial charge is 0.206 e. The van der Waals surface area contributed by atoms with Crippen LogP contribution in [0.5, 0.6) is 0 Å². The molecule has 0 aliphatic carbocycles. The summed E-state index contributed by atoms with van der Waals surface area (Å²) in [5.74, 6) is 6.15. The summed E-state index contributed by atoms with van der Waals surface area (Å²) in [6.07, 6.45) is 2.38. The van der Waals surface area contributed by atoms with Gasteiger partial charge >= 0.3 is 0 Å². The van der Waals surface area contributed by atoms with E-state index in [2.05, 4.69) is 41.4 Å². The van der Waals surface area contributed by atoms with Crippen LogP contribution in [-0.4, -0.2) is 42.6 Å². The summed E-state index contributed by atoms with van der Waals surface area (Å²) >= 11 is 0. The van der Waals surface area contributed by atoms with Crippen LogP contribution in [-0.2, 0) is 0 Å². The molecule has 0 saturated carbocycles. The molecule has 1 aliphatic rings. The second kappa shape index (κ2) is 6.70. The monoisotopic (exact) mass is 227 g/mol. The van der Waals surface area contributed by atoms with E-state index >= 15 is 0 Å². The number of hydrogen-bond donors (Lipinski definition) is 3. The molecule has 0 aromatic heterocycles. The van der Waals surface area contributed by atoms with Gasteiger partial charge in [0.2, 0.25) is 5.96 Å². The summed E-state index contributed by atoms with van der Waals surface area (Å²) in [4.78, 5) is 7.05. The van der Waals surface area contributed by atoms with Gasteiger partial charge in [0.1, 0.15) is 0 Å². The molecule has 1 unspecified atom stereocenters. The number of hydrazine groups is 1. The highest BCUT2D eigenvalue weighted by Crippen LogP contribution is 2.12. The lowest BCUT2D eigenvalue weighted by atomic mass is 10.1. The Hall–Kier alpha value is -0.810. The lowest BCUT2D eigenvalue weighted by molar-refractivity contribution is 0.219. The summed E-state index contributed by atoms with van der Waals surface area (Å²) in [5, 5.41) is 3.21. The van der Waals surface area contributed by atoms with Crippen molar-refractivity contribution in [2.24, 2.45) is 10.8 Å². The van der Waals surface area contributed by atoms with Gasteiger partial charge in [-0.05, 0) is 39.8 Å². The standard InChI is InChI=1S/C11H25N5/c1-4-16-7-5-6-10(8-16)14-11(15-12)13-9(2)3/h9-10H,4-8,12H2,1-3H3,(H2,13,14,15). The molecule has 1 rings (SSSR count). The minimum Gasteiger partial charge on any atom is -0.353 e. The first-order valence-electron chi connectivity index (χ1n) is 6.19. The third-order valence-corrected chi connectivity index (χ3v) is 2.80. The number of aliphatic imine (C=N–C) groups is 1. The zero-order chi connectivity index (χ0) is 12.0. The first-order chi connectivity index (χ1) is 7.65. The molecule has 94 valence electrons. The van der Waals surface area contributed by atoms with E-state index in [0.717, 1.165) is 19.5 Å². The third kappa shape index (κ3) is 4.37. The number of piperidine rings is 1. The molecule has 5 heteroatoms. The summed E-state index contributed by atoms with van der Waals surface area (Å²) in [6, 6.07) is 0.715. The maximum atomic E-state index is 5.45. The Morgan fingerprint density at radius 2 is 2.31 bits per heavy atom. The van der Waals surface area contributed by atoms with Gasteiger partial charge < -0.3 is 10.2 Å². The van der Waals surface area contributed by atoms with Crippen LogP contribution in [0, 0.1) is 0 Å². The lowest BCUT2D eigenvalue weighted by Gasteiger charge is -2.30. The highest BCUT2D eigenvalue weighted by molar-refractivity contribution is 5.79. The van der Waals surface area contributed by atoms with E-state index in [1.54, 1.807) is 0 Å². The summed E-state index contributed by atoms with van der Waals surface area (Å²) in [5.41, 5.74) is 2.63. The van der Waals surface area contributed by atoms with Crippen LogP contribution in [0.3, 0.4) is 0 Å². The van der Waals surface area contributed by atoms with Crippen LogP contribution in [0.25, 0.3) is 0 Å². The van der Waals surface area contributed by atoms with E-state index in [9.17, 15) is 0 Å². The Balaban J connectivity index is 2.51. The number of hydrogen-bond acceptors (Lipinski definition) is 3. The molecule has 0 aromatic rings. The maximum absolute atomic E-state index is 5.45. The van der Waals surface area contributed by atoms with E-state index in [-0.39, 0.29) is 0 Å². The fraction of sp³-hybridized carbons (Fsp3) is 0.909. The van der Waals surface area contributed by atoms with E-state index in [1.807, 2.05) is 0 Å². The van der Waals surface area contributed by atoms with Crippen molar-refractivity contribution in [3.05, 3.63) is 0 Å². The van der Waals surface area contributed by atoms with Crippen molar-refractivity contribution >= 4 is 5.96 Å². The van der Waals surface area contributed by atoms with Gasteiger partial charge in [-0.2, -0.15) is 0 Å². The predicted molar refractivity (Wildman–Crippen MR) is 68.2 cm³/mol. The normalized spacial score (nSPS) is 23.6. The molecular weight excluding hydrogens is 202 g/mol. The molecular formula is C11H25N5. The van der Waals surface area contributed by atoms with Crippen molar-refractivity contribution in [1.29, 1.82) is 0 Å². The number of nitrogens with one attached hydrogen (secondary N) is 2. The van der Waals surface area contributed by atoms with Crippen LogP contribution in [0.2, 0.25) is 0 Å². The Kier molecular flexibility index (Phi) is 5.55. The molecule has 0 radical (unpaired) electrons. The lowest BCUT2D eigenvalue weighted by Crippen LogP contribution is -2.46. The molecule has 4 N–H and O–H groups in total. The van der Waals surface area contributed by atoms with Crippen LogP contribution in [0.1, 0.15) is 33.6 Å². The van der Waals surface area contributed by atoms with Crippen molar-refractivity contribution in [2.45, 2.75) is 45.7 Å². The number of guanidine groups is 1. The Morgan fingerprint density at radius 1 is 1.56 bits per heavy atom. The van der Waals surface area contributed by atoms with Gasteiger partial charge in [-0.25, -0.2) is 10.8 Å². The average Bonchev–Trinajstić information content (AvgIpc) is 2.28. The van der Waals surface area contributed by atoms with Crippen molar-refractivity contribution in [1.82, 2.24) is 15.6 Å². The molecule has 16 heavy (non-hydrogen) atoms. The Bertz CT molecular complexity index is 226. The van der Waals surface area contributed by atoms with Gasteiger partial charge in [-0.3, -0.25) is 5.43 Å². The molecule has 0 bridgehead atoms. The van der Waals surface area contributed by atoms with Gasteiger partial charge in [0.15, 0.2) is 0 Å². The van der Waals surface area contributed by atoms with Crippen LogP contribution >= 0.6 is 0 Å². The third-order valence-electron chi connectivity index (χ3n) is 2.80. The molecule has 1 atom stereocenters. The van der Waals surface area contributed by atoms with Gasteiger partial charge in [0.05, 0.1) is 6.04 Å². The van der Waals surface area contributed by atoms with Crippen LogP contribution < -0.4 is 16.6 Å². The highest BCUT2D eigenvalue weighted by atomic mass is 15.3. The van der Waals surface area contributed by atoms with Crippen LogP contribution in [0.15, 0.2) is 4.99 Å². The topological polar surface area (TPSA) is 65.7 Å². The largest absolute Gasteiger partial charge is 0.353 e. The van der Waals surface area contributed by atoms with Gasteiger partial charge in [-0.15, -0.1) is 0 Å². The highest BCUT2D eigenvalue weighted by Gasteiger charge is 2.18.